The van der Waals surface area contributed by atoms with Crippen LogP contribution in [0.5, 0.6) is 5.75 Å². The number of aliphatic hydroxyl groups excluding tert-OH is 1. The minimum Gasteiger partial charge on any atom is -0.507 e. The molecule has 1 unspecified atom stereocenters. The average molecular weight is 462 g/mol. The summed E-state index contributed by atoms with van der Waals surface area (Å²) in [5.41, 5.74) is 2.29. The van der Waals surface area contributed by atoms with Crippen LogP contribution >= 0.6 is 0 Å². The predicted molar refractivity (Wildman–Crippen MR) is 133 cm³/mol. The van der Waals surface area contributed by atoms with Gasteiger partial charge >= 0.3 is 0 Å². The largest absolute Gasteiger partial charge is 0.507 e. The van der Waals surface area contributed by atoms with Gasteiger partial charge in [-0.2, -0.15) is 0 Å². The number of para-hydroxylation sites is 1. The molecule has 1 atom stereocenters. The van der Waals surface area contributed by atoms with E-state index in [9.17, 15) is 14.7 Å². The van der Waals surface area contributed by atoms with Gasteiger partial charge in [0.1, 0.15) is 11.5 Å². The highest BCUT2D eigenvalue weighted by Crippen LogP contribution is 2.42. The Hall–Kier alpha value is -3.58. The van der Waals surface area contributed by atoms with Crippen molar-refractivity contribution in [1.82, 2.24) is 14.8 Å². The molecule has 1 amide bonds. The maximum atomic E-state index is 13.2. The lowest BCUT2D eigenvalue weighted by Gasteiger charge is -2.25. The fourth-order valence-electron chi connectivity index (χ4n) is 4.40. The fraction of sp³-hybridized carbons (Fsp3) is 0.333. The number of likely N-dealkylation sites (tertiary alicyclic amines) is 1. The SMILES string of the molecule is CCCOc1ccc(/C(O)=C2\C(=O)C(=O)N(CCCN(C)C)C2c2c[nH]c3ccccc23)cc1. The zero-order chi connectivity index (χ0) is 24.2. The maximum absolute atomic E-state index is 13.2. The first kappa shape index (κ1) is 23.6. The number of Topliss-reactive ketones (excluding diaryl/α,β-unsaturated/α-hetero) is 1. The third kappa shape index (κ3) is 4.56. The zero-order valence-corrected chi connectivity index (χ0v) is 19.9. The quantitative estimate of drug-likeness (QED) is 0.281. The lowest BCUT2D eigenvalue weighted by molar-refractivity contribution is -0.139. The average Bonchev–Trinajstić information content (AvgIpc) is 3.36. The van der Waals surface area contributed by atoms with Crippen LogP contribution < -0.4 is 4.74 Å². The number of aliphatic hydroxyl groups is 1. The molecule has 1 aliphatic rings. The second-order valence-corrected chi connectivity index (χ2v) is 8.81. The van der Waals surface area contributed by atoms with Crippen molar-refractivity contribution in [1.29, 1.82) is 0 Å². The molecule has 0 bridgehead atoms. The van der Waals surface area contributed by atoms with Crippen molar-refractivity contribution in [2.75, 3.05) is 33.8 Å². The third-order valence-electron chi connectivity index (χ3n) is 6.06. The Balaban J connectivity index is 1.78. The molecule has 3 aromatic rings. The highest BCUT2D eigenvalue weighted by Gasteiger charge is 2.46. The molecule has 1 saturated heterocycles. The van der Waals surface area contributed by atoms with Gasteiger partial charge in [0.15, 0.2) is 0 Å². The molecule has 2 heterocycles. The first-order valence-corrected chi connectivity index (χ1v) is 11.6. The Kier molecular flexibility index (Phi) is 7.03. The van der Waals surface area contributed by atoms with E-state index in [4.69, 9.17) is 4.74 Å². The lowest BCUT2D eigenvalue weighted by Crippen LogP contribution is -2.32. The number of H-pyrrole nitrogens is 1. The van der Waals surface area contributed by atoms with Gasteiger partial charge in [-0.1, -0.05) is 25.1 Å². The first-order chi connectivity index (χ1) is 16.4. The second-order valence-electron chi connectivity index (χ2n) is 8.81. The van der Waals surface area contributed by atoms with Crippen molar-refractivity contribution < 1.29 is 19.4 Å². The molecule has 2 N–H and O–H groups in total. The second kappa shape index (κ2) is 10.1. The maximum Gasteiger partial charge on any atom is 0.295 e. The summed E-state index contributed by atoms with van der Waals surface area (Å²) in [6, 6.07) is 14.0. The van der Waals surface area contributed by atoms with E-state index in [0.29, 0.717) is 30.9 Å². The van der Waals surface area contributed by atoms with Gasteiger partial charge in [0.05, 0.1) is 18.2 Å². The molecule has 0 spiro atoms. The van der Waals surface area contributed by atoms with Crippen molar-refractivity contribution in [2.24, 2.45) is 0 Å². The molecular weight excluding hydrogens is 430 g/mol. The number of aromatic amines is 1. The van der Waals surface area contributed by atoms with Gasteiger partial charge in [0, 0.05) is 34.8 Å². The summed E-state index contributed by atoms with van der Waals surface area (Å²) in [6.07, 6.45) is 3.43. The standard InChI is InChI=1S/C27H31N3O4/c1-4-16-34-19-12-10-18(11-13-19)25(31)23-24(21-17-28-22-9-6-5-8-20(21)22)30(27(33)26(23)32)15-7-14-29(2)3/h5-6,8-13,17,24,28,31H,4,7,14-16H2,1-3H3/b25-23+. The molecule has 0 aliphatic carbocycles. The summed E-state index contributed by atoms with van der Waals surface area (Å²) in [4.78, 5) is 33.2. The van der Waals surface area contributed by atoms with Gasteiger partial charge in [-0.3, -0.25) is 9.59 Å². The minimum atomic E-state index is -0.672. The number of benzene rings is 2. The molecule has 4 rings (SSSR count). The van der Waals surface area contributed by atoms with Crippen LogP contribution in [0.3, 0.4) is 0 Å². The number of nitrogens with zero attached hydrogens (tertiary/aromatic N) is 2. The van der Waals surface area contributed by atoms with Gasteiger partial charge in [0.25, 0.3) is 11.7 Å². The molecule has 34 heavy (non-hydrogen) atoms. The number of ketones is 1. The number of carbonyl (C=O) groups excluding carboxylic acids is 2. The van der Waals surface area contributed by atoms with Gasteiger partial charge < -0.3 is 24.6 Å². The van der Waals surface area contributed by atoms with Gasteiger partial charge in [0.2, 0.25) is 0 Å². The van der Waals surface area contributed by atoms with Gasteiger partial charge in [-0.05, 0) is 63.8 Å². The number of aromatic nitrogens is 1. The van der Waals surface area contributed by atoms with E-state index in [1.54, 1.807) is 29.2 Å². The number of hydrogen-bond donors (Lipinski definition) is 2. The van der Waals surface area contributed by atoms with Gasteiger partial charge in [-0.15, -0.1) is 0 Å². The summed E-state index contributed by atoms with van der Waals surface area (Å²) in [5, 5.41) is 12.2. The molecule has 2 aromatic carbocycles. The molecule has 0 radical (unpaired) electrons. The topological polar surface area (TPSA) is 85.9 Å². The Morgan fingerprint density at radius 2 is 1.85 bits per heavy atom. The monoisotopic (exact) mass is 461 g/mol. The van der Waals surface area contributed by atoms with Crippen molar-refractivity contribution in [2.45, 2.75) is 25.8 Å². The van der Waals surface area contributed by atoms with Crippen LogP contribution in [0.2, 0.25) is 0 Å². The van der Waals surface area contributed by atoms with Crippen molar-refractivity contribution >= 4 is 28.4 Å². The summed E-state index contributed by atoms with van der Waals surface area (Å²) >= 11 is 0. The van der Waals surface area contributed by atoms with Crippen LogP contribution in [0.4, 0.5) is 0 Å². The van der Waals surface area contributed by atoms with Crippen LogP contribution in [-0.2, 0) is 9.59 Å². The Labute approximate surface area is 199 Å². The Bertz CT molecular complexity index is 1210. The van der Waals surface area contributed by atoms with Crippen molar-refractivity contribution in [3.8, 4) is 5.75 Å². The summed E-state index contributed by atoms with van der Waals surface area (Å²) < 4.78 is 5.63. The molecule has 1 aromatic heterocycles. The number of nitrogens with one attached hydrogen (secondary N) is 1. The highest BCUT2D eigenvalue weighted by atomic mass is 16.5. The normalized spacial score (nSPS) is 17.8. The molecule has 0 saturated carbocycles. The summed E-state index contributed by atoms with van der Waals surface area (Å²) in [5.74, 6) is -0.732. The predicted octanol–water partition coefficient (Wildman–Crippen LogP) is 4.33. The van der Waals surface area contributed by atoms with Crippen LogP contribution in [0.15, 0.2) is 60.3 Å². The van der Waals surface area contributed by atoms with Crippen molar-refractivity contribution in [3.63, 3.8) is 0 Å². The van der Waals surface area contributed by atoms with Gasteiger partial charge in [-0.25, -0.2) is 0 Å². The number of amides is 1. The van der Waals surface area contributed by atoms with Crippen LogP contribution in [0.1, 0.15) is 36.9 Å². The number of carbonyl (C=O) groups is 2. The number of hydrogen-bond acceptors (Lipinski definition) is 5. The smallest absolute Gasteiger partial charge is 0.295 e. The van der Waals surface area contributed by atoms with E-state index in [-0.39, 0.29) is 11.3 Å². The highest BCUT2D eigenvalue weighted by molar-refractivity contribution is 6.46. The third-order valence-corrected chi connectivity index (χ3v) is 6.06. The number of ether oxygens (including phenoxy) is 1. The number of rotatable bonds is 9. The molecular formula is C27H31N3O4. The zero-order valence-electron chi connectivity index (χ0n) is 19.9. The van der Waals surface area contributed by atoms with Crippen molar-refractivity contribution in [3.05, 3.63) is 71.4 Å². The molecule has 178 valence electrons. The van der Waals surface area contributed by atoms with Crippen LogP contribution in [-0.4, -0.2) is 65.4 Å². The minimum absolute atomic E-state index is 0.113. The Morgan fingerprint density at radius 3 is 2.56 bits per heavy atom. The molecule has 7 nitrogen and oxygen atoms in total. The number of fused-ring (bicyclic) bond motifs is 1. The molecule has 1 aliphatic heterocycles. The Morgan fingerprint density at radius 1 is 1.12 bits per heavy atom. The van der Waals surface area contributed by atoms with E-state index < -0.39 is 17.7 Å². The van der Waals surface area contributed by atoms with E-state index in [1.807, 2.05) is 56.4 Å². The van der Waals surface area contributed by atoms with Crippen LogP contribution in [0.25, 0.3) is 16.7 Å². The summed E-state index contributed by atoms with van der Waals surface area (Å²) in [7, 11) is 3.94. The first-order valence-electron chi connectivity index (χ1n) is 11.6. The van der Waals surface area contributed by atoms with E-state index in [0.717, 1.165) is 29.4 Å². The lowest BCUT2D eigenvalue weighted by atomic mass is 9.95. The fourth-order valence-corrected chi connectivity index (χ4v) is 4.40. The van der Waals surface area contributed by atoms with E-state index in [1.165, 1.54) is 0 Å². The molecule has 1 fully saturated rings. The van der Waals surface area contributed by atoms with E-state index in [2.05, 4.69) is 4.98 Å². The molecule has 7 heteroatoms. The van der Waals surface area contributed by atoms with Crippen LogP contribution in [0, 0.1) is 0 Å². The summed E-state index contributed by atoms with van der Waals surface area (Å²) in [6.45, 7) is 3.82. The van der Waals surface area contributed by atoms with E-state index >= 15 is 0 Å².